The summed E-state index contributed by atoms with van der Waals surface area (Å²) >= 11 is 0. The van der Waals surface area contributed by atoms with Gasteiger partial charge in [-0.1, -0.05) is 54.6 Å². The maximum absolute atomic E-state index is 14.1. The van der Waals surface area contributed by atoms with E-state index in [9.17, 15) is 4.79 Å². The van der Waals surface area contributed by atoms with Gasteiger partial charge in [0.1, 0.15) is 11.9 Å². The molecule has 0 aliphatic carbocycles. The van der Waals surface area contributed by atoms with E-state index in [2.05, 4.69) is 12.1 Å². The summed E-state index contributed by atoms with van der Waals surface area (Å²) < 4.78 is 11.9. The van der Waals surface area contributed by atoms with E-state index in [1.165, 1.54) is 0 Å². The molecule has 0 radical (unpaired) electrons. The molecular formula is C29H30N2O4. The summed E-state index contributed by atoms with van der Waals surface area (Å²) in [5.41, 5.74) is 3.15. The van der Waals surface area contributed by atoms with Gasteiger partial charge in [0.25, 0.3) is 5.91 Å². The number of carbonyl (C=O) groups excluding carboxylic acids is 1. The van der Waals surface area contributed by atoms with E-state index in [-0.39, 0.29) is 12.5 Å². The van der Waals surface area contributed by atoms with Gasteiger partial charge in [-0.25, -0.2) is 4.99 Å². The molecule has 2 aliphatic rings. The summed E-state index contributed by atoms with van der Waals surface area (Å²) in [7, 11) is 0. The number of hydrogen-bond donors (Lipinski definition) is 1. The van der Waals surface area contributed by atoms with Gasteiger partial charge in [-0.2, -0.15) is 0 Å². The minimum atomic E-state index is -1.02. The summed E-state index contributed by atoms with van der Waals surface area (Å²) in [5, 5.41) is 8.94. The van der Waals surface area contributed by atoms with E-state index in [1.807, 2.05) is 78.6 Å². The maximum Gasteiger partial charge on any atom is 0.255 e. The number of benzene rings is 3. The van der Waals surface area contributed by atoms with Crippen molar-refractivity contribution in [3.05, 3.63) is 101 Å². The van der Waals surface area contributed by atoms with Crippen LogP contribution in [0.15, 0.2) is 83.9 Å². The molecule has 180 valence electrons. The lowest BCUT2D eigenvalue weighted by Crippen LogP contribution is -2.52. The zero-order valence-corrected chi connectivity index (χ0v) is 19.9. The van der Waals surface area contributed by atoms with Crippen molar-refractivity contribution in [2.45, 2.75) is 44.5 Å². The van der Waals surface area contributed by atoms with Crippen LogP contribution in [-0.2, 0) is 29.0 Å². The van der Waals surface area contributed by atoms with Crippen LogP contribution in [0, 0.1) is 0 Å². The number of hydrogen-bond acceptors (Lipinski definition) is 5. The number of aliphatic imine (C=N–C) groups is 1. The molecule has 6 nitrogen and oxygen atoms in total. The number of nitrogens with zero attached hydrogens (tertiary/aromatic N) is 2. The largest absolute Gasteiger partial charge is 0.494 e. The molecule has 6 heteroatoms. The van der Waals surface area contributed by atoms with Gasteiger partial charge in [0.15, 0.2) is 5.54 Å². The van der Waals surface area contributed by atoms with Crippen LogP contribution in [0.4, 0.5) is 0 Å². The van der Waals surface area contributed by atoms with Crippen LogP contribution in [0.5, 0.6) is 5.75 Å². The Labute approximate surface area is 205 Å². The van der Waals surface area contributed by atoms with Crippen LogP contribution < -0.4 is 4.74 Å². The minimum absolute atomic E-state index is 0.0102. The number of rotatable bonds is 7. The molecule has 0 unspecified atom stereocenters. The second-order valence-electron chi connectivity index (χ2n) is 9.14. The lowest BCUT2D eigenvalue weighted by atomic mass is 9.85. The minimum Gasteiger partial charge on any atom is -0.494 e. The van der Waals surface area contributed by atoms with Crippen LogP contribution in [0.1, 0.15) is 35.6 Å². The predicted octanol–water partition coefficient (Wildman–Crippen LogP) is 4.14. The highest BCUT2D eigenvalue weighted by Gasteiger charge is 2.53. The zero-order valence-electron chi connectivity index (χ0n) is 19.9. The lowest BCUT2D eigenvalue weighted by Gasteiger charge is -2.31. The average Bonchev–Trinajstić information content (AvgIpc) is 3.16. The van der Waals surface area contributed by atoms with Crippen molar-refractivity contribution in [3.63, 3.8) is 0 Å². The second-order valence-corrected chi connectivity index (χ2v) is 9.14. The summed E-state index contributed by atoms with van der Waals surface area (Å²) in [6.45, 7) is 3.56. The van der Waals surface area contributed by atoms with Crippen LogP contribution >= 0.6 is 0 Å². The molecule has 0 fully saturated rings. The van der Waals surface area contributed by atoms with Crippen molar-refractivity contribution in [3.8, 4) is 5.75 Å². The molecule has 2 aliphatic heterocycles. The number of aliphatic hydroxyl groups excluding tert-OH is 1. The number of fused-ring (bicyclic) bond motifs is 1. The molecular weight excluding hydrogens is 440 g/mol. The molecule has 0 saturated carbocycles. The van der Waals surface area contributed by atoms with Gasteiger partial charge in [0.05, 0.1) is 6.61 Å². The molecule has 2 heterocycles. The molecule has 1 spiro atoms. The van der Waals surface area contributed by atoms with Crippen molar-refractivity contribution in [2.75, 3.05) is 13.2 Å². The Morgan fingerprint density at radius 3 is 2.49 bits per heavy atom. The molecule has 1 amide bonds. The summed E-state index contributed by atoms with van der Waals surface area (Å²) in [6.07, 6.45) is 0.677. The van der Waals surface area contributed by atoms with Crippen LogP contribution in [-0.4, -0.2) is 46.7 Å². The van der Waals surface area contributed by atoms with Gasteiger partial charge in [-0.15, -0.1) is 0 Å². The Morgan fingerprint density at radius 1 is 1.03 bits per heavy atom. The first-order chi connectivity index (χ1) is 17.1. The van der Waals surface area contributed by atoms with Gasteiger partial charge < -0.3 is 19.5 Å². The fraction of sp³-hybridized carbons (Fsp3) is 0.310. The number of carbonyl (C=O) groups is 1. The van der Waals surface area contributed by atoms with Crippen molar-refractivity contribution in [2.24, 2.45) is 4.99 Å². The second kappa shape index (κ2) is 9.92. The summed E-state index contributed by atoms with van der Waals surface area (Å²) in [4.78, 5) is 21.0. The van der Waals surface area contributed by atoms with Gasteiger partial charge in [-0.05, 0) is 47.9 Å². The third kappa shape index (κ3) is 4.66. The third-order valence-corrected chi connectivity index (χ3v) is 6.75. The van der Waals surface area contributed by atoms with E-state index in [1.54, 1.807) is 0 Å². The van der Waals surface area contributed by atoms with E-state index in [0.717, 1.165) is 28.0 Å². The highest BCUT2D eigenvalue weighted by Crippen LogP contribution is 2.38. The maximum atomic E-state index is 14.1. The first kappa shape index (κ1) is 23.1. The number of ether oxygens (including phenoxy) is 2. The van der Waals surface area contributed by atoms with E-state index >= 15 is 0 Å². The molecule has 0 bridgehead atoms. The lowest BCUT2D eigenvalue weighted by molar-refractivity contribution is -0.140. The van der Waals surface area contributed by atoms with Gasteiger partial charge in [-0.3, -0.25) is 4.79 Å². The van der Waals surface area contributed by atoms with Gasteiger partial charge in [0, 0.05) is 38.1 Å². The third-order valence-electron chi connectivity index (χ3n) is 6.75. The molecule has 1 N–H and O–H groups in total. The average molecular weight is 471 g/mol. The topological polar surface area (TPSA) is 71.4 Å². The molecule has 2 atom stereocenters. The summed E-state index contributed by atoms with van der Waals surface area (Å²) in [6, 6.07) is 25.8. The highest BCUT2D eigenvalue weighted by atomic mass is 16.5. The van der Waals surface area contributed by atoms with E-state index < -0.39 is 11.6 Å². The van der Waals surface area contributed by atoms with Crippen LogP contribution in [0.3, 0.4) is 0 Å². The quantitative estimate of drug-likeness (QED) is 0.527. The molecule has 0 aromatic heterocycles. The Morgan fingerprint density at radius 2 is 1.74 bits per heavy atom. The number of aliphatic hydroxyl groups is 1. The van der Waals surface area contributed by atoms with E-state index in [0.29, 0.717) is 38.4 Å². The van der Waals surface area contributed by atoms with Crippen molar-refractivity contribution >= 4 is 11.8 Å². The fourth-order valence-corrected chi connectivity index (χ4v) is 4.78. The number of amides is 1. The van der Waals surface area contributed by atoms with E-state index in [4.69, 9.17) is 19.6 Å². The molecule has 3 aromatic carbocycles. The Kier molecular flexibility index (Phi) is 6.55. The Balaban J connectivity index is 1.48. The monoisotopic (exact) mass is 470 g/mol. The van der Waals surface area contributed by atoms with Crippen molar-refractivity contribution in [1.29, 1.82) is 0 Å². The normalized spacial score (nSPS) is 21.3. The first-order valence-corrected chi connectivity index (χ1v) is 12.1. The molecule has 3 aromatic rings. The molecule has 0 saturated heterocycles. The molecule has 5 rings (SSSR count). The smallest absolute Gasteiger partial charge is 0.255 e. The standard InChI is InChI=1S/C29H30N2O4/c1-21-29(30-27(35-21)23-12-14-26(15-13-23)34-17-7-16-32)18-24-10-5-6-11-25(24)20-31(28(29)33)19-22-8-3-2-4-9-22/h2-6,8-15,21,32H,7,16-20H2,1H3/t21-,29-/m0/s1. The summed E-state index contributed by atoms with van der Waals surface area (Å²) in [5.74, 6) is 1.19. The first-order valence-electron chi connectivity index (χ1n) is 12.1. The van der Waals surface area contributed by atoms with Gasteiger partial charge in [0.2, 0.25) is 5.90 Å². The fourth-order valence-electron chi connectivity index (χ4n) is 4.78. The predicted molar refractivity (Wildman–Crippen MR) is 134 cm³/mol. The zero-order chi connectivity index (χ0) is 24.3. The van der Waals surface area contributed by atoms with Gasteiger partial charge >= 0.3 is 0 Å². The Hall–Kier alpha value is -3.64. The Bertz CT molecular complexity index is 1210. The van der Waals surface area contributed by atoms with Crippen LogP contribution in [0.2, 0.25) is 0 Å². The molecule has 35 heavy (non-hydrogen) atoms. The van der Waals surface area contributed by atoms with Crippen LogP contribution in [0.25, 0.3) is 0 Å². The van der Waals surface area contributed by atoms with Crippen molar-refractivity contribution in [1.82, 2.24) is 4.90 Å². The van der Waals surface area contributed by atoms with Crippen molar-refractivity contribution < 1.29 is 19.4 Å². The highest BCUT2D eigenvalue weighted by molar-refractivity contribution is 6.01. The SMILES string of the molecule is C[C@@H]1OC(c2ccc(OCCCO)cc2)=N[C@@]12Cc1ccccc1CN(Cc1ccccc1)C2=O.